The molecule has 37 heavy (non-hydrogen) atoms. The summed E-state index contributed by atoms with van der Waals surface area (Å²) in [5.74, 6) is 1.95. The molecule has 0 radical (unpaired) electrons. The molecule has 6 nitrogen and oxygen atoms in total. The van der Waals surface area contributed by atoms with Gasteiger partial charge in [0.2, 0.25) is 11.8 Å². The minimum atomic E-state index is -0.0219. The van der Waals surface area contributed by atoms with Crippen molar-refractivity contribution in [3.05, 3.63) is 46.2 Å². The molecule has 2 aromatic rings. The van der Waals surface area contributed by atoms with Crippen molar-refractivity contribution in [2.45, 2.75) is 67.3 Å². The Bertz CT molecular complexity index is 982. The van der Waals surface area contributed by atoms with Crippen molar-refractivity contribution < 1.29 is 19.1 Å². The molecule has 2 amide bonds. The van der Waals surface area contributed by atoms with Gasteiger partial charge in [0, 0.05) is 24.4 Å². The van der Waals surface area contributed by atoms with Gasteiger partial charge in [-0.05, 0) is 59.2 Å². The molecule has 2 rings (SSSR count). The summed E-state index contributed by atoms with van der Waals surface area (Å²) < 4.78 is 10.8. The third-order valence-corrected chi connectivity index (χ3v) is 7.01. The van der Waals surface area contributed by atoms with Gasteiger partial charge in [0.05, 0.1) is 27.3 Å². The highest BCUT2D eigenvalue weighted by atomic mass is 32.1. The zero-order valence-corrected chi connectivity index (χ0v) is 24.8. The second kappa shape index (κ2) is 14.4. The Morgan fingerprint density at radius 2 is 1.68 bits per heavy atom. The van der Waals surface area contributed by atoms with Crippen LogP contribution in [0.1, 0.15) is 64.8 Å². The van der Waals surface area contributed by atoms with Crippen LogP contribution in [0.2, 0.25) is 0 Å². The molecular formula is C30H46N2O4S. The minimum absolute atomic E-state index is 0.0219. The fraction of sp³-hybridized carbons (Fsp3) is 0.600. The van der Waals surface area contributed by atoms with Crippen LogP contribution in [-0.4, -0.2) is 55.5 Å². The average molecular weight is 531 g/mol. The molecule has 0 aliphatic rings. The lowest BCUT2D eigenvalue weighted by molar-refractivity contribution is -0.141. The lowest BCUT2D eigenvalue weighted by atomic mass is 9.84. The van der Waals surface area contributed by atoms with Crippen molar-refractivity contribution in [2.75, 3.05) is 33.9 Å². The summed E-state index contributed by atoms with van der Waals surface area (Å²) in [5.41, 5.74) is 1.23. The van der Waals surface area contributed by atoms with Gasteiger partial charge < -0.3 is 19.3 Å². The van der Waals surface area contributed by atoms with E-state index in [1.54, 1.807) is 30.5 Å². The number of hydrogen-bond donors (Lipinski definition) is 0. The summed E-state index contributed by atoms with van der Waals surface area (Å²) in [6.45, 7) is 14.7. The Kier molecular flexibility index (Phi) is 12.0. The van der Waals surface area contributed by atoms with Crippen LogP contribution in [0, 0.1) is 17.3 Å². The Balaban J connectivity index is 2.15. The van der Waals surface area contributed by atoms with Crippen LogP contribution >= 0.6 is 11.3 Å². The summed E-state index contributed by atoms with van der Waals surface area (Å²) in [6, 6.07) is 9.90. The van der Waals surface area contributed by atoms with Crippen LogP contribution in [0.15, 0.2) is 35.7 Å². The van der Waals surface area contributed by atoms with E-state index >= 15 is 0 Å². The quantitative estimate of drug-likeness (QED) is 0.288. The van der Waals surface area contributed by atoms with Crippen molar-refractivity contribution >= 4 is 23.2 Å². The van der Waals surface area contributed by atoms with Crippen molar-refractivity contribution in [1.82, 2.24) is 9.80 Å². The number of carbonyl (C=O) groups is 2. The van der Waals surface area contributed by atoms with Gasteiger partial charge in [-0.15, -0.1) is 11.3 Å². The van der Waals surface area contributed by atoms with Gasteiger partial charge in [-0.2, -0.15) is 0 Å². The Labute approximate surface area is 227 Å². The van der Waals surface area contributed by atoms with Crippen molar-refractivity contribution in [2.24, 2.45) is 17.3 Å². The predicted octanol–water partition coefficient (Wildman–Crippen LogP) is 6.28. The monoisotopic (exact) mass is 530 g/mol. The molecule has 1 unspecified atom stereocenters. The van der Waals surface area contributed by atoms with Gasteiger partial charge in [-0.25, -0.2) is 0 Å². The fourth-order valence-electron chi connectivity index (χ4n) is 4.69. The highest BCUT2D eigenvalue weighted by Gasteiger charge is 2.25. The molecule has 0 spiro atoms. The summed E-state index contributed by atoms with van der Waals surface area (Å²) in [6.07, 6.45) is 2.12. The number of rotatable bonds is 14. The number of benzene rings is 1. The standard InChI is InChI=1S/C30H46N2O4S/c1-22(2)19-32(28(33)16-23(3)18-30(4,5)6)21-29(34)31(20-25-10-9-15-37-25)14-13-24-11-12-26(35-7)27(17-24)36-8/h9-12,15,17,22-23H,13-14,16,18-21H2,1-8H3. The highest BCUT2D eigenvalue weighted by molar-refractivity contribution is 7.09. The van der Waals surface area contributed by atoms with E-state index in [4.69, 9.17) is 9.47 Å². The topological polar surface area (TPSA) is 59.1 Å². The number of ether oxygens (including phenoxy) is 2. The van der Waals surface area contributed by atoms with E-state index in [9.17, 15) is 9.59 Å². The largest absolute Gasteiger partial charge is 0.493 e. The average Bonchev–Trinajstić information content (AvgIpc) is 3.32. The fourth-order valence-corrected chi connectivity index (χ4v) is 5.41. The summed E-state index contributed by atoms with van der Waals surface area (Å²) in [4.78, 5) is 31.7. The number of methoxy groups -OCH3 is 2. The first-order chi connectivity index (χ1) is 17.4. The minimum Gasteiger partial charge on any atom is -0.493 e. The molecule has 0 bridgehead atoms. The number of hydrogen-bond acceptors (Lipinski definition) is 5. The second-order valence-corrected chi connectivity index (χ2v) is 12.6. The predicted molar refractivity (Wildman–Crippen MR) is 152 cm³/mol. The Morgan fingerprint density at radius 1 is 0.973 bits per heavy atom. The van der Waals surface area contributed by atoms with Crippen LogP contribution in [0.25, 0.3) is 0 Å². The maximum absolute atomic E-state index is 13.6. The third-order valence-electron chi connectivity index (χ3n) is 6.15. The molecule has 0 saturated heterocycles. The highest BCUT2D eigenvalue weighted by Crippen LogP contribution is 2.28. The number of thiophene rings is 1. The first kappa shape index (κ1) is 30.7. The molecular weight excluding hydrogens is 484 g/mol. The first-order valence-corrected chi connectivity index (χ1v) is 14.1. The van der Waals surface area contributed by atoms with Crippen LogP contribution in [0.3, 0.4) is 0 Å². The van der Waals surface area contributed by atoms with Gasteiger partial charge in [0.15, 0.2) is 11.5 Å². The molecule has 1 heterocycles. The molecule has 1 atom stereocenters. The van der Waals surface area contributed by atoms with E-state index in [1.807, 2.05) is 40.6 Å². The van der Waals surface area contributed by atoms with Crippen LogP contribution in [-0.2, 0) is 22.6 Å². The van der Waals surface area contributed by atoms with Gasteiger partial charge >= 0.3 is 0 Å². The van der Waals surface area contributed by atoms with Gasteiger partial charge in [0.1, 0.15) is 0 Å². The van der Waals surface area contributed by atoms with Crippen molar-refractivity contribution in [1.29, 1.82) is 0 Å². The van der Waals surface area contributed by atoms with Gasteiger partial charge in [-0.1, -0.05) is 53.7 Å². The second-order valence-electron chi connectivity index (χ2n) is 11.6. The van der Waals surface area contributed by atoms with Crippen LogP contribution < -0.4 is 9.47 Å². The zero-order valence-electron chi connectivity index (χ0n) is 24.0. The molecule has 0 saturated carbocycles. The van der Waals surface area contributed by atoms with E-state index in [-0.39, 0.29) is 35.6 Å². The SMILES string of the molecule is COc1ccc(CCN(Cc2cccs2)C(=O)CN(CC(C)C)C(=O)CC(C)CC(C)(C)C)cc1OC. The molecule has 206 valence electrons. The Morgan fingerprint density at radius 3 is 2.24 bits per heavy atom. The van der Waals surface area contributed by atoms with Crippen molar-refractivity contribution in [3.8, 4) is 11.5 Å². The van der Waals surface area contributed by atoms with Gasteiger partial charge in [0.25, 0.3) is 0 Å². The molecule has 0 fully saturated rings. The molecule has 7 heteroatoms. The Hall–Kier alpha value is -2.54. The zero-order chi connectivity index (χ0) is 27.6. The maximum Gasteiger partial charge on any atom is 0.242 e. The summed E-state index contributed by atoms with van der Waals surface area (Å²) in [5, 5.41) is 2.03. The summed E-state index contributed by atoms with van der Waals surface area (Å²) >= 11 is 1.64. The number of carbonyl (C=O) groups excluding carboxylic acids is 2. The van der Waals surface area contributed by atoms with Crippen LogP contribution in [0.4, 0.5) is 0 Å². The van der Waals surface area contributed by atoms with Crippen LogP contribution in [0.5, 0.6) is 11.5 Å². The summed E-state index contributed by atoms with van der Waals surface area (Å²) in [7, 11) is 3.24. The lowest BCUT2D eigenvalue weighted by Gasteiger charge is -2.30. The smallest absolute Gasteiger partial charge is 0.242 e. The third kappa shape index (κ3) is 10.8. The van der Waals surface area contributed by atoms with E-state index in [1.165, 1.54) is 0 Å². The van der Waals surface area contributed by atoms with E-state index in [0.29, 0.717) is 44.0 Å². The normalized spacial score (nSPS) is 12.4. The van der Waals surface area contributed by atoms with Gasteiger partial charge in [-0.3, -0.25) is 9.59 Å². The first-order valence-electron chi connectivity index (χ1n) is 13.2. The molecule has 1 aromatic carbocycles. The maximum atomic E-state index is 13.6. The van der Waals surface area contributed by atoms with E-state index in [2.05, 4.69) is 41.5 Å². The number of amides is 2. The lowest BCUT2D eigenvalue weighted by Crippen LogP contribution is -2.45. The molecule has 0 aliphatic carbocycles. The molecule has 0 N–H and O–H groups in total. The van der Waals surface area contributed by atoms with Crippen molar-refractivity contribution in [3.63, 3.8) is 0 Å². The molecule has 1 aromatic heterocycles. The van der Waals surface area contributed by atoms with E-state index in [0.717, 1.165) is 16.9 Å². The number of nitrogens with zero attached hydrogens (tertiary/aromatic N) is 2. The van der Waals surface area contributed by atoms with E-state index < -0.39 is 0 Å². The molecule has 0 aliphatic heterocycles.